The van der Waals surface area contributed by atoms with Crippen molar-refractivity contribution < 1.29 is 8.78 Å². The van der Waals surface area contributed by atoms with Crippen LogP contribution in [-0.2, 0) is 6.54 Å². The van der Waals surface area contributed by atoms with Crippen LogP contribution in [0.25, 0.3) is 11.1 Å². The van der Waals surface area contributed by atoms with E-state index in [0.717, 1.165) is 18.4 Å². The Kier molecular flexibility index (Phi) is 3.72. The Morgan fingerprint density at radius 1 is 1.05 bits per heavy atom. The first-order valence-electron chi connectivity index (χ1n) is 6.61. The highest BCUT2D eigenvalue weighted by atomic mass is 35.5. The van der Waals surface area contributed by atoms with Crippen molar-refractivity contribution in [3.63, 3.8) is 0 Å². The van der Waals surface area contributed by atoms with Crippen molar-refractivity contribution >= 4 is 11.6 Å². The fraction of sp³-hybridized carbons (Fsp3) is 0.250. The van der Waals surface area contributed by atoms with Crippen LogP contribution in [0.3, 0.4) is 0 Å². The first kappa shape index (κ1) is 13.5. The van der Waals surface area contributed by atoms with Gasteiger partial charge in [-0.15, -0.1) is 0 Å². The molecule has 0 spiro atoms. The molecule has 0 unspecified atom stereocenters. The molecule has 0 aliphatic heterocycles. The molecule has 0 heterocycles. The zero-order valence-corrected chi connectivity index (χ0v) is 11.6. The molecule has 2 aromatic rings. The smallest absolute Gasteiger partial charge is 0.132 e. The highest BCUT2D eigenvalue weighted by Crippen LogP contribution is 2.29. The summed E-state index contributed by atoms with van der Waals surface area (Å²) >= 11 is 5.77. The van der Waals surface area contributed by atoms with Crippen LogP contribution in [0.15, 0.2) is 36.4 Å². The van der Waals surface area contributed by atoms with E-state index < -0.39 is 5.82 Å². The molecule has 20 heavy (non-hydrogen) atoms. The Balaban J connectivity index is 1.97. The van der Waals surface area contributed by atoms with E-state index >= 15 is 0 Å². The molecule has 4 heteroatoms. The lowest BCUT2D eigenvalue weighted by Gasteiger charge is -2.12. The van der Waals surface area contributed by atoms with Crippen molar-refractivity contribution in [1.82, 2.24) is 5.32 Å². The predicted molar refractivity (Wildman–Crippen MR) is 76.7 cm³/mol. The van der Waals surface area contributed by atoms with Crippen molar-refractivity contribution in [3.8, 4) is 11.1 Å². The lowest BCUT2D eigenvalue weighted by atomic mass is 9.99. The lowest BCUT2D eigenvalue weighted by molar-refractivity contribution is 0.617. The van der Waals surface area contributed by atoms with Gasteiger partial charge in [0.25, 0.3) is 0 Å². The summed E-state index contributed by atoms with van der Waals surface area (Å²) in [4.78, 5) is 0. The van der Waals surface area contributed by atoms with Crippen molar-refractivity contribution in [3.05, 3.63) is 58.6 Å². The Labute approximate surface area is 121 Å². The van der Waals surface area contributed by atoms with Crippen molar-refractivity contribution in [2.75, 3.05) is 0 Å². The van der Waals surface area contributed by atoms with E-state index in [0.29, 0.717) is 28.7 Å². The van der Waals surface area contributed by atoms with Crippen molar-refractivity contribution in [1.29, 1.82) is 0 Å². The van der Waals surface area contributed by atoms with Crippen LogP contribution in [0.5, 0.6) is 0 Å². The monoisotopic (exact) mass is 293 g/mol. The van der Waals surface area contributed by atoms with Gasteiger partial charge in [0.2, 0.25) is 0 Å². The van der Waals surface area contributed by atoms with Crippen LogP contribution in [0.4, 0.5) is 8.78 Å². The summed E-state index contributed by atoms with van der Waals surface area (Å²) in [7, 11) is 0. The van der Waals surface area contributed by atoms with E-state index in [1.807, 2.05) is 0 Å². The molecule has 0 bridgehead atoms. The number of rotatable bonds is 4. The number of nitrogens with one attached hydrogen (secondary N) is 1. The SMILES string of the molecule is Fc1ccc(-c2ccc(Cl)cc2F)c(CNC2CC2)c1. The number of benzene rings is 2. The molecular formula is C16H14ClF2N. The molecule has 0 atom stereocenters. The highest BCUT2D eigenvalue weighted by molar-refractivity contribution is 6.30. The van der Waals surface area contributed by atoms with Gasteiger partial charge in [-0.2, -0.15) is 0 Å². The number of hydrogen-bond acceptors (Lipinski definition) is 1. The lowest BCUT2D eigenvalue weighted by Crippen LogP contribution is -2.16. The average Bonchev–Trinajstić information content (AvgIpc) is 3.21. The van der Waals surface area contributed by atoms with Gasteiger partial charge in [-0.25, -0.2) is 8.78 Å². The summed E-state index contributed by atoms with van der Waals surface area (Å²) in [6.45, 7) is 0.541. The van der Waals surface area contributed by atoms with Crippen molar-refractivity contribution in [2.24, 2.45) is 0 Å². The van der Waals surface area contributed by atoms with Gasteiger partial charge in [0, 0.05) is 23.2 Å². The quantitative estimate of drug-likeness (QED) is 0.873. The van der Waals surface area contributed by atoms with Gasteiger partial charge in [-0.1, -0.05) is 17.7 Å². The molecule has 0 saturated heterocycles. The molecule has 1 nitrogen and oxygen atoms in total. The predicted octanol–water partition coefficient (Wildman–Crippen LogP) is 4.54. The topological polar surface area (TPSA) is 12.0 Å². The van der Waals surface area contributed by atoms with E-state index in [1.54, 1.807) is 18.2 Å². The van der Waals surface area contributed by atoms with Crippen LogP contribution in [0, 0.1) is 11.6 Å². The maximum atomic E-state index is 14.0. The molecular weight excluding hydrogens is 280 g/mol. The van der Waals surface area contributed by atoms with Gasteiger partial charge < -0.3 is 5.32 Å². The Bertz CT molecular complexity index is 638. The van der Waals surface area contributed by atoms with Gasteiger partial charge in [0.1, 0.15) is 11.6 Å². The van der Waals surface area contributed by atoms with Gasteiger partial charge in [0.05, 0.1) is 0 Å². The minimum absolute atomic E-state index is 0.310. The minimum atomic E-state index is -0.392. The Morgan fingerprint density at radius 2 is 1.80 bits per heavy atom. The number of hydrogen-bond donors (Lipinski definition) is 1. The molecule has 1 aliphatic carbocycles. The van der Waals surface area contributed by atoms with E-state index in [-0.39, 0.29) is 5.82 Å². The summed E-state index contributed by atoms with van der Waals surface area (Å²) in [5.41, 5.74) is 1.91. The maximum Gasteiger partial charge on any atom is 0.132 e. The Hall–Kier alpha value is -1.45. The summed E-state index contributed by atoms with van der Waals surface area (Å²) in [5, 5.41) is 3.68. The third-order valence-electron chi connectivity index (χ3n) is 3.45. The standard InChI is InChI=1S/C16H14ClF2N/c17-11-1-5-15(16(19)8-11)14-6-2-12(18)7-10(14)9-20-13-3-4-13/h1-2,5-8,13,20H,3-4,9H2. The first-order chi connectivity index (χ1) is 9.63. The molecule has 0 amide bonds. The second kappa shape index (κ2) is 5.51. The van der Waals surface area contributed by atoms with E-state index in [9.17, 15) is 8.78 Å². The molecule has 104 valence electrons. The second-order valence-corrected chi connectivity index (χ2v) is 5.52. The van der Waals surface area contributed by atoms with E-state index in [1.165, 1.54) is 18.2 Å². The number of halogens is 3. The second-order valence-electron chi connectivity index (χ2n) is 5.08. The molecule has 1 fully saturated rings. The normalized spacial score (nSPS) is 14.6. The van der Waals surface area contributed by atoms with Gasteiger partial charge in [-0.3, -0.25) is 0 Å². The zero-order valence-electron chi connectivity index (χ0n) is 10.8. The molecule has 2 aromatic carbocycles. The van der Waals surface area contributed by atoms with Crippen LogP contribution >= 0.6 is 11.6 Å². The third-order valence-corrected chi connectivity index (χ3v) is 3.68. The third kappa shape index (κ3) is 3.00. The maximum absolute atomic E-state index is 14.0. The summed E-state index contributed by atoms with van der Waals surface area (Å²) in [5.74, 6) is -0.701. The summed E-state index contributed by atoms with van der Waals surface area (Å²) in [6.07, 6.45) is 2.31. The van der Waals surface area contributed by atoms with Crippen molar-refractivity contribution in [2.45, 2.75) is 25.4 Å². The van der Waals surface area contributed by atoms with Crippen LogP contribution in [-0.4, -0.2) is 6.04 Å². The summed E-state index contributed by atoms with van der Waals surface area (Å²) < 4.78 is 27.5. The average molecular weight is 294 g/mol. The molecule has 1 N–H and O–H groups in total. The first-order valence-corrected chi connectivity index (χ1v) is 6.98. The van der Waals surface area contributed by atoms with Crippen LogP contribution < -0.4 is 5.32 Å². The highest BCUT2D eigenvalue weighted by Gasteiger charge is 2.21. The summed E-state index contributed by atoms with van der Waals surface area (Å²) in [6, 6.07) is 9.49. The zero-order chi connectivity index (χ0) is 14.1. The Morgan fingerprint density at radius 3 is 2.50 bits per heavy atom. The van der Waals surface area contributed by atoms with Gasteiger partial charge in [0.15, 0.2) is 0 Å². The fourth-order valence-corrected chi connectivity index (χ4v) is 2.38. The van der Waals surface area contributed by atoms with E-state index in [2.05, 4.69) is 5.32 Å². The van der Waals surface area contributed by atoms with Gasteiger partial charge in [-0.05, 0) is 54.3 Å². The van der Waals surface area contributed by atoms with E-state index in [4.69, 9.17) is 11.6 Å². The molecule has 3 rings (SSSR count). The fourth-order valence-electron chi connectivity index (χ4n) is 2.22. The van der Waals surface area contributed by atoms with Gasteiger partial charge >= 0.3 is 0 Å². The molecule has 0 radical (unpaired) electrons. The molecule has 0 aromatic heterocycles. The molecule has 1 aliphatic rings. The van der Waals surface area contributed by atoms with Crippen LogP contribution in [0.1, 0.15) is 18.4 Å². The minimum Gasteiger partial charge on any atom is -0.310 e. The van der Waals surface area contributed by atoms with Crippen LogP contribution in [0.2, 0.25) is 5.02 Å². The molecule has 1 saturated carbocycles. The largest absolute Gasteiger partial charge is 0.310 e.